The molecule has 5 heteroatoms. The van der Waals surface area contributed by atoms with Gasteiger partial charge in [0.25, 0.3) is 0 Å². The molecule has 1 aromatic carbocycles. The molecule has 0 spiro atoms. The summed E-state index contributed by atoms with van der Waals surface area (Å²) in [5.41, 5.74) is 0.877. The number of benzene rings is 1. The van der Waals surface area contributed by atoms with Gasteiger partial charge in [0.05, 0.1) is 10.5 Å². The predicted molar refractivity (Wildman–Crippen MR) is 53.5 cm³/mol. The normalized spacial score (nSPS) is 18.5. The van der Waals surface area contributed by atoms with Crippen LogP contribution in [0.2, 0.25) is 0 Å². The highest BCUT2D eigenvalue weighted by molar-refractivity contribution is 9.10. The van der Waals surface area contributed by atoms with Gasteiger partial charge in [0.15, 0.2) is 0 Å². The zero-order valence-corrected chi connectivity index (χ0v) is 8.74. The molecule has 1 aliphatic heterocycles. The molecule has 0 radical (unpaired) electrons. The quantitative estimate of drug-likeness (QED) is 0.811. The first-order valence-corrected chi connectivity index (χ1v) is 4.88. The van der Waals surface area contributed by atoms with Crippen molar-refractivity contribution >= 4 is 22.0 Å². The van der Waals surface area contributed by atoms with Crippen molar-refractivity contribution in [1.29, 1.82) is 0 Å². The third-order valence-corrected chi connectivity index (χ3v) is 2.69. The van der Waals surface area contributed by atoms with Gasteiger partial charge in [-0.3, -0.25) is 0 Å². The number of fused-ring (bicyclic) bond motifs is 1. The second-order valence-electron chi connectivity index (χ2n) is 2.97. The Morgan fingerprint density at radius 3 is 3.14 bits per heavy atom. The van der Waals surface area contributed by atoms with E-state index in [0.717, 1.165) is 15.8 Å². The minimum atomic E-state index is -1.04. The SMILES string of the molecule is O=C(O)N[C@@H]1COc2c(Br)cccc21. The molecule has 0 bridgehead atoms. The van der Waals surface area contributed by atoms with E-state index in [4.69, 9.17) is 9.84 Å². The van der Waals surface area contributed by atoms with Crippen molar-refractivity contribution in [3.05, 3.63) is 28.2 Å². The number of rotatable bonds is 1. The van der Waals surface area contributed by atoms with Gasteiger partial charge in [-0.15, -0.1) is 0 Å². The maximum Gasteiger partial charge on any atom is 0.405 e. The van der Waals surface area contributed by atoms with Crippen molar-refractivity contribution in [3.63, 3.8) is 0 Å². The smallest absolute Gasteiger partial charge is 0.405 e. The standard InChI is InChI=1S/C9H8BrNO3/c10-6-3-1-2-5-7(11-9(12)13)4-14-8(5)6/h1-3,7,11H,4H2,(H,12,13)/t7-/m1/s1. The van der Waals surface area contributed by atoms with Crippen LogP contribution in [-0.4, -0.2) is 17.8 Å². The maximum absolute atomic E-state index is 10.5. The summed E-state index contributed by atoms with van der Waals surface area (Å²) in [4.78, 5) is 10.5. The third kappa shape index (κ3) is 1.55. The summed E-state index contributed by atoms with van der Waals surface area (Å²) < 4.78 is 6.22. The van der Waals surface area contributed by atoms with Crippen molar-refractivity contribution in [3.8, 4) is 5.75 Å². The van der Waals surface area contributed by atoms with Crippen LogP contribution in [0.3, 0.4) is 0 Å². The summed E-state index contributed by atoms with van der Waals surface area (Å²) in [5.74, 6) is 0.728. The van der Waals surface area contributed by atoms with Crippen LogP contribution >= 0.6 is 15.9 Å². The fourth-order valence-electron chi connectivity index (χ4n) is 1.48. The Balaban J connectivity index is 2.30. The fraction of sp³-hybridized carbons (Fsp3) is 0.222. The van der Waals surface area contributed by atoms with E-state index in [1.54, 1.807) is 0 Å². The van der Waals surface area contributed by atoms with Gasteiger partial charge in [-0.1, -0.05) is 12.1 Å². The molecule has 0 saturated heterocycles. The first-order chi connectivity index (χ1) is 6.68. The number of carboxylic acid groups (broad SMARTS) is 1. The highest BCUT2D eigenvalue weighted by atomic mass is 79.9. The van der Waals surface area contributed by atoms with Gasteiger partial charge in [-0.05, 0) is 22.0 Å². The lowest BCUT2D eigenvalue weighted by Crippen LogP contribution is -2.27. The van der Waals surface area contributed by atoms with Crippen LogP contribution in [0.1, 0.15) is 11.6 Å². The number of hydrogen-bond acceptors (Lipinski definition) is 2. The molecule has 4 nitrogen and oxygen atoms in total. The van der Waals surface area contributed by atoms with E-state index < -0.39 is 6.09 Å². The van der Waals surface area contributed by atoms with E-state index in [1.165, 1.54) is 0 Å². The molecule has 1 aliphatic rings. The zero-order valence-electron chi connectivity index (χ0n) is 7.16. The van der Waals surface area contributed by atoms with Crippen LogP contribution < -0.4 is 10.1 Å². The average molecular weight is 258 g/mol. The highest BCUT2D eigenvalue weighted by Gasteiger charge is 2.26. The molecule has 0 saturated carbocycles. The van der Waals surface area contributed by atoms with Crippen molar-refractivity contribution in [2.24, 2.45) is 0 Å². The lowest BCUT2D eigenvalue weighted by Gasteiger charge is -2.07. The molecule has 0 fully saturated rings. The summed E-state index contributed by atoms with van der Waals surface area (Å²) in [5, 5.41) is 11.0. The van der Waals surface area contributed by atoms with E-state index in [1.807, 2.05) is 18.2 Å². The van der Waals surface area contributed by atoms with Crippen LogP contribution in [0, 0.1) is 0 Å². The van der Waals surface area contributed by atoms with Gasteiger partial charge >= 0.3 is 6.09 Å². The Morgan fingerprint density at radius 2 is 2.43 bits per heavy atom. The minimum Gasteiger partial charge on any atom is -0.490 e. The van der Waals surface area contributed by atoms with Crippen LogP contribution in [0.5, 0.6) is 5.75 Å². The molecule has 74 valence electrons. The molecule has 2 rings (SSSR count). The van der Waals surface area contributed by atoms with E-state index in [0.29, 0.717) is 6.61 Å². The summed E-state index contributed by atoms with van der Waals surface area (Å²) in [6, 6.07) is 5.31. The monoisotopic (exact) mass is 257 g/mol. The van der Waals surface area contributed by atoms with Crippen LogP contribution in [0.4, 0.5) is 4.79 Å². The highest BCUT2D eigenvalue weighted by Crippen LogP contribution is 2.38. The Labute approximate surface area is 89.0 Å². The number of nitrogens with one attached hydrogen (secondary N) is 1. The molecule has 2 N–H and O–H groups in total. The molecule has 0 aliphatic carbocycles. The second kappa shape index (κ2) is 3.49. The van der Waals surface area contributed by atoms with Crippen LogP contribution in [0.25, 0.3) is 0 Å². The molecule has 0 unspecified atom stereocenters. The van der Waals surface area contributed by atoms with Crippen molar-refractivity contribution in [2.45, 2.75) is 6.04 Å². The predicted octanol–water partition coefficient (Wildman–Crippen LogP) is 2.15. The topological polar surface area (TPSA) is 58.6 Å². The third-order valence-electron chi connectivity index (χ3n) is 2.06. The average Bonchev–Trinajstić information content (AvgIpc) is 2.49. The van der Waals surface area contributed by atoms with Gasteiger partial charge in [-0.2, -0.15) is 0 Å². The molecule has 1 aromatic rings. The Bertz CT molecular complexity index is 380. The van der Waals surface area contributed by atoms with E-state index in [9.17, 15) is 4.79 Å². The summed E-state index contributed by atoms with van der Waals surface area (Å²) in [6.07, 6.45) is -1.04. The Hall–Kier alpha value is -1.23. The van der Waals surface area contributed by atoms with Crippen LogP contribution in [-0.2, 0) is 0 Å². The van der Waals surface area contributed by atoms with Gasteiger partial charge in [0, 0.05) is 5.56 Å². The molecule has 1 amide bonds. The van der Waals surface area contributed by atoms with E-state index >= 15 is 0 Å². The first kappa shape index (κ1) is 9.33. The van der Waals surface area contributed by atoms with Crippen molar-refractivity contribution in [1.82, 2.24) is 5.32 Å². The largest absolute Gasteiger partial charge is 0.490 e. The van der Waals surface area contributed by atoms with Gasteiger partial charge in [0.1, 0.15) is 12.4 Å². The maximum atomic E-state index is 10.5. The summed E-state index contributed by atoms with van der Waals surface area (Å²) >= 11 is 3.34. The molecule has 1 atom stereocenters. The molecule has 14 heavy (non-hydrogen) atoms. The molecular weight excluding hydrogens is 250 g/mol. The number of amides is 1. The summed E-state index contributed by atoms with van der Waals surface area (Å²) in [6.45, 7) is 0.351. The number of ether oxygens (including phenoxy) is 1. The summed E-state index contributed by atoms with van der Waals surface area (Å²) in [7, 11) is 0. The molecule has 0 aromatic heterocycles. The van der Waals surface area contributed by atoms with Crippen molar-refractivity contribution in [2.75, 3.05) is 6.61 Å². The van der Waals surface area contributed by atoms with Crippen molar-refractivity contribution < 1.29 is 14.6 Å². The van der Waals surface area contributed by atoms with Gasteiger partial charge < -0.3 is 15.2 Å². The van der Waals surface area contributed by atoms with E-state index in [-0.39, 0.29) is 6.04 Å². The second-order valence-corrected chi connectivity index (χ2v) is 3.83. The number of hydrogen-bond donors (Lipinski definition) is 2. The Kier molecular flexibility index (Phi) is 2.33. The molecular formula is C9H8BrNO3. The first-order valence-electron chi connectivity index (χ1n) is 4.09. The lowest BCUT2D eigenvalue weighted by molar-refractivity contribution is 0.186. The fourth-order valence-corrected chi connectivity index (χ4v) is 1.97. The number of halogens is 1. The van der Waals surface area contributed by atoms with Crippen LogP contribution in [0.15, 0.2) is 22.7 Å². The molecule has 1 heterocycles. The number of para-hydroxylation sites is 1. The zero-order chi connectivity index (χ0) is 10.1. The number of carbonyl (C=O) groups is 1. The van der Waals surface area contributed by atoms with Gasteiger partial charge in [-0.25, -0.2) is 4.79 Å². The van der Waals surface area contributed by atoms with E-state index in [2.05, 4.69) is 21.2 Å². The Morgan fingerprint density at radius 1 is 1.64 bits per heavy atom. The van der Waals surface area contributed by atoms with Gasteiger partial charge in [0.2, 0.25) is 0 Å². The minimum absolute atomic E-state index is 0.264. The lowest BCUT2D eigenvalue weighted by atomic mass is 10.1.